The molecule has 24 heavy (non-hydrogen) atoms. The van der Waals surface area contributed by atoms with Crippen molar-refractivity contribution in [2.24, 2.45) is 23.7 Å². The number of allylic oxidation sites excluding steroid dienone is 9. The molecule has 0 bridgehead atoms. The number of hydrogen-bond acceptors (Lipinski definition) is 0. The fourth-order valence-corrected chi connectivity index (χ4v) is 12.8. The van der Waals surface area contributed by atoms with Crippen LogP contribution in [0.4, 0.5) is 0 Å². The van der Waals surface area contributed by atoms with Crippen LogP contribution in [-0.4, -0.2) is 8.07 Å². The standard InChI is InChI=1S/C23H32Si/c1-3-4-17-24(2,18-11-5-6-12-18)23-21-15-9-7-13-19(21)20-14-8-10-16-22(20)23/h3,7-10,13-16,18-23H,1,4-6,11-12,17H2,2H3. The van der Waals surface area contributed by atoms with E-state index in [9.17, 15) is 0 Å². The predicted molar refractivity (Wildman–Crippen MR) is 108 cm³/mol. The quantitative estimate of drug-likeness (QED) is 0.388. The molecule has 0 heterocycles. The molecule has 0 aromatic rings. The summed E-state index contributed by atoms with van der Waals surface area (Å²) in [4.78, 5) is 0. The zero-order valence-corrected chi connectivity index (χ0v) is 16.1. The summed E-state index contributed by atoms with van der Waals surface area (Å²) in [5.74, 6) is 3.03. The smallest absolute Gasteiger partial charge is 0.0582 e. The fraction of sp³-hybridized carbons (Fsp3) is 0.565. The second-order valence-electron chi connectivity index (χ2n) is 8.69. The summed E-state index contributed by atoms with van der Waals surface area (Å²) in [6.45, 7) is 6.82. The molecule has 5 atom stereocenters. The molecular weight excluding hydrogens is 304 g/mol. The number of rotatable bonds is 5. The van der Waals surface area contributed by atoms with Crippen LogP contribution >= 0.6 is 0 Å². The van der Waals surface area contributed by atoms with Crippen molar-refractivity contribution in [3.63, 3.8) is 0 Å². The van der Waals surface area contributed by atoms with Gasteiger partial charge >= 0.3 is 0 Å². The van der Waals surface area contributed by atoms with E-state index < -0.39 is 8.07 Å². The van der Waals surface area contributed by atoms with Crippen LogP contribution < -0.4 is 0 Å². The first kappa shape index (κ1) is 16.4. The first-order valence-electron chi connectivity index (χ1n) is 10.1. The zero-order chi connectivity index (χ0) is 16.6. The molecule has 0 aliphatic heterocycles. The van der Waals surface area contributed by atoms with Gasteiger partial charge in [-0.05, 0) is 41.2 Å². The second-order valence-corrected chi connectivity index (χ2v) is 13.7. The lowest BCUT2D eigenvalue weighted by Crippen LogP contribution is -2.44. The van der Waals surface area contributed by atoms with Crippen LogP contribution in [-0.2, 0) is 0 Å². The molecule has 5 unspecified atom stereocenters. The van der Waals surface area contributed by atoms with Crippen LogP contribution in [0.15, 0.2) is 61.3 Å². The van der Waals surface area contributed by atoms with Crippen LogP contribution in [0.2, 0.25) is 23.7 Å². The Bertz CT molecular complexity index is 555. The van der Waals surface area contributed by atoms with E-state index in [0.717, 1.165) is 34.8 Å². The van der Waals surface area contributed by atoms with Crippen molar-refractivity contribution in [2.45, 2.75) is 55.8 Å². The molecule has 1 heteroatoms. The Balaban J connectivity index is 1.73. The molecule has 2 saturated carbocycles. The van der Waals surface area contributed by atoms with Crippen molar-refractivity contribution in [1.82, 2.24) is 0 Å². The molecule has 0 nitrogen and oxygen atoms in total. The van der Waals surface area contributed by atoms with Gasteiger partial charge in [0.15, 0.2) is 0 Å². The minimum Gasteiger partial charge on any atom is -0.103 e. The highest BCUT2D eigenvalue weighted by Crippen LogP contribution is 2.62. The third-order valence-electron chi connectivity index (χ3n) is 7.65. The summed E-state index contributed by atoms with van der Waals surface area (Å²) in [7, 11) is -1.36. The van der Waals surface area contributed by atoms with Gasteiger partial charge in [-0.1, -0.05) is 93.0 Å². The summed E-state index contributed by atoms with van der Waals surface area (Å²) in [5.41, 5.74) is 1.96. The highest BCUT2D eigenvalue weighted by molar-refractivity contribution is 6.81. The first-order valence-corrected chi connectivity index (χ1v) is 12.9. The van der Waals surface area contributed by atoms with E-state index >= 15 is 0 Å². The van der Waals surface area contributed by atoms with Crippen LogP contribution in [0.1, 0.15) is 32.1 Å². The van der Waals surface area contributed by atoms with E-state index in [1.54, 1.807) is 0 Å². The van der Waals surface area contributed by atoms with E-state index in [2.05, 4.69) is 67.8 Å². The molecule has 0 radical (unpaired) electrons. The Hall–Kier alpha value is -1.08. The largest absolute Gasteiger partial charge is 0.103 e. The van der Waals surface area contributed by atoms with Crippen molar-refractivity contribution in [1.29, 1.82) is 0 Å². The van der Waals surface area contributed by atoms with Gasteiger partial charge in [-0.15, -0.1) is 6.58 Å². The maximum Gasteiger partial charge on any atom is 0.0582 e. The van der Waals surface area contributed by atoms with E-state index in [0.29, 0.717) is 0 Å². The fourth-order valence-electron chi connectivity index (χ4n) is 6.55. The Morgan fingerprint density at radius 1 is 0.875 bits per heavy atom. The highest BCUT2D eigenvalue weighted by atomic mass is 28.3. The van der Waals surface area contributed by atoms with Crippen molar-refractivity contribution >= 4 is 8.07 Å². The molecule has 4 aliphatic rings. The first-order chi connectivity index (χ1) is 11.8. The van der Waals surface area contributed by atoms with E-state index in [-0.39, 0.29) is 0 Å². The highest BCUT2D eigenvalue weighted by Gasteiger charge is 2.56. The van der Waals surface area contributed by atoms with Crippen LogP contribution in [0, 0.1) is 23.7 Å². The SMILES string of the molecule is C=CCC[Si](C)(C1CCCC1)C1C2C=CC=CC2C2C=CC=CC21. The van der Waals surface area contributed by atoms with Gasteiger partial charge in [0.2, 0.25) is 0 Å². The Labute approximate surface area is 149 Å². The topological polar surface area (TPSA) is 0 Å². The zero-order valence-electron chi connectivity index (χ0n) is 15.1. The van der Waals surface area contributed by atoms with Crippen molar-refractivity contribution in [2.75, 3.05) is 0 Å². The van der Waals surface area contributed by atoms with Gasteiger partial charge in [-0.25, -0.2) is 0 Å². The van der Waals surface area contributed by atoms with Gasteiger partial charge in [0, 0.05) is 0 Å². The number of fused-ring (bicyclic) bond motifs is 3. The monoisotopic (exact) mass is 336 g/mol. The van der Waals surface area contributed by atoms with Crippen molar-refractivity contribution in [3.05, 3.63) is 61.3 Å². The third kappa shape index (κ3) is 2.56. The van der Waals surface area contributed by atoms with Crippen molar-refractivity contribution < 1.29 is 0 Å². The lowest BCUT2D eigenvalue weighted by Gasteiger charge is -2.44. The van der Waals surface area contributed by atoms with Crippen LogP contribution in [0.25, 0.3) is 0 Å². The molecule has 128 valence electrons. The van der Waals surface area contributed by atoms with Gasteiger partial charge in [0.05, 0.1) is 8.07 Å². The Morgan fingerprint density at radius 2 is 1.38 bits per heavy atom. The van der Waals surface area contributed by atoms with Gasteiger partial charge in [0.1, 0.15) is 0 Å². The molecule has 0 aromatic carbocycles. The maximum absolute atomic E-state index is 4.05. The van der Waals surface area contributed by atoms with Crippen LogP contribution in [0.5, 0.6) is 0 Å². The molecule has 4 aliphatic carbocycles. The van der Waals surface area contributed by atoms with Gasteiger partial charge < -0.3 is 0 Å². The minimum absolute atomic E-state index is 0.739. The molecule has 4 rings (SSSR count). The van der Waals surface area contributed by atoms with Crippen LogP contribution in [0.3, 0.4) is 0 Å². The average Bonchev–Trinajstić information content (AvgIpc) is 3.26. The summed E-state index contributed by atoms with van der Waals surface area (Å²) in [5, 5.41) is 0. The average molecular weight is 337 g/mol. The van der Waals surface area contributed by atoms with E-state index in [4.69, 9.17) is 0 Å². The third-order valence-corrected chi connectivity index (χ3v) is 13.8. The van der Waals surface area contributed by atoms with Gasteiger partial charge in [-0.2, -0.15) is 0 Å². The lowest BCUT2D eigenvalue weighted by molar-refractivity contribution is 0.461. The van der Waals surface area contributed by atoms with E-state index in [1.807, 2.05) is 0 Å². The lowest BCUT2D eigenvalue weighted by atomic mass is 9.83. The molecule has 2 fully saturated rings. The van der Waals surface area contributed by atoms with Crippen molar-refractivity contribution in [3.8, 4) is 0 Å². The molecule has 0 spiro atoms. The summed E-state index contributed by atoms with van der Waals surface area (Å²) >= 11 is 0. The molecule has 0 aromatic heterocycles. The Morgan fingerprint density at radius 3 is 1.88 bits per heavy atom. The Kier molecular flexibility index (Phi) is 4.55. The molecule has 0 amide bonds. The predicted octanol–water partition coefficient (Wildman–Crippen LogP) is 6.69. The van der Waals surface area contributed by atoms with Gasteiger partial charge in [-0.3, -0.25) is 0 Å². The number of hydrogen-bond donors (Lipinski definition) is 0. The summed E-state index contributed by atoms with van der Waals surface area (Å²) in [6, 6.07) is 1.45. The molecule has 0 N–H and O–H groups in total. The molecular formula is C23H32Si. The summed E-state index contributed by atoms with van der Waals surface area (Å²) < 4.78 is 0. The summed E-state index contributed by atoms with van der Waals surface area (Å²) in [6.07, 6.45) is 28.8. The second kappa shape index (κ2) is 6.67. The normalized spacial score (nSPS) is 39.6. The van der Waals surface area contributed by atoms with E-state index in [1.165, 1.54) is 38.1 Å². The maximum atomic E-state index is 4.05. The van der Waals surface area contributed by atoms with Gasteiger partial charge in [0.25, 0.3) is 0 Å². The minimum atomic E-state index is -1.36. The molecule has 0 saturated heterocycles.